The Morgan fingerprint density at radius 3 is 2.33 bits per heavy atom. The number of carboxylic acids is 1. The largest absolute Gasteiger partial charge is 0.502 e. The van der Waals surface area contributed by atoms with E-state index in [2.05, 4.69) is 4.98 Å². The Hall–Kier alpha value is -2.11. The maximum atomic E-state index is 11.4. The molecule has 2 N–H and O–H groups in total. The molecule has 0 fully saturated rings. The fourth-order valence-electron chi connectivity index (χ4n) is 1.01. The van der Waals surface area contributed by atoms with Gasteiger partial charge in [0.15, 0.2) is 11.7 Å². The molecule has 80 valence electrons. The number of aliphatic hydroxyl groups is 1. The van der Waals surface area contributed by atoms with Crippen molar-refractivity contribution >= 4 is 11.8 Å². The van der Waals surface area contributed by atoms with Crippen LogP contribution in [0, 0.1) is 13.8 Å². The summed E-state index contributed by atoms with van der Waals surface area (Å²) in [4.78, 5) is 25.4. The molecular formula is C9H9NO5. The highest BCUT2D eigenvalue weighted by Gasteiger charge is 2.16. The van der Waals surface area contributed by atoms with E-state index < -0.39 is 17.5 Å². The van der Waals surface area contributed by atoms with E-state index in [0.717, 1.165) is 0 Å². The lowest BCUT2D eigenvalue weighted by Crippen LogP contribution is -2.04. The van der Waals surface area contributed by atoms with E-state index >= 15 is 0 Å². The van der Waals surface area contributed by atoms with Gasteiger partial charge in [-0.15, -0.1) is 0 Å². The predicted octanol–water partition coefficient (Wildman–Crippen LogP) is 1.00. The molecule has 1 aromatic rings. The average Bonchev–Trinajstić information content (AvgIpc) is 2.44. The minimum atomic E-state index is -1.57. The highest BCUT2D eigenvalue weighted by molar-refractivity contribution is 6.06. The minimum absolute atomic E-state index is 0.0692. The first-order valence-electron chi connectivity index (χ1n) is 4.04. The molecule has 0 aliphatic heterocycles. The quantitative estimate of drug-likeness (QED) is 0.439. The number of aryl methyl sites for hydroxylation is 2. The SMILES string of the molecule is Cc1nc(C)c(C(=O)C=C(O)C(=O)O)o1. The Morgan fingerprint density at radius 1 is 1.33 bits per heavy atom. The van der Waals surface area contributed by atoms with Gasteiger partial charge in [-0.2, -0.15) is 0 Å². The van der Waals surface area contributed by atoms with Crippen molar-refractivity contribution in [1.82, 2.24) is 4.98 Å². The summed E-state index contributed by atoms with van der Waals surface area (Å²) in [6.07, 6.45) is 0.579. The van der Waals surface area contributed by atoms with E-state index in [1.807, 2.05) is 0 Å². The van der Waals surface area contributed by atoms with Gasteiger partial charge in [0.05, 0.1) is 5.69 Å². The molecule has 0 spiro atoms. The van der Waals surface area contributed by atoms with Crippen LogP contribution in [0.1, 0.15) is 22.1 Å². The molecular weight excluding hydrogens is 202 g/mol. The van der Waals surface area contributed by atoms with E-state index in [1.165, 1.54) is 0 Å². The third-order valence-electron chi connectivity index (χ3n) is 1.61. The second-order valence-electron chi connectivity index (χ2n) is 2.85. The molecule has 0 saturated carbocycles. The summed E-state index contributed by atoms with van der Waals surface area (Å²) in [6, 6.07) is 0. The monoisotopic (exact) mass is 211 g/mol. The molecule has 0 radical (unpaired) electrons. The normalized spacial score (nSPS) is 11.5. The van der Waals surface area contributed by atoms with E-state index in [-0.39, 0.29) is 5.76 Å². The lowest BCUT2D eigenvalue weighted by Gasteiger charge is -1.92. The number of carboxylic acid groups (broad SMARTS) is 1. The number of aromatic nitrogens is 1. The second-order valence-corrected chi connectivity index (χ2v) is 2.85. The number of allylic oxidation sites excluding steroid dienone is 1. The van der Waals surface area contributed by atoms with Gasteiger partial charge in [-0.25, -0.2) is 9.78 Å². The third-order valence-corrected chi connectivity index (χ3v) is 1.61. The predicted molar refractivity (Wildman–Crippen MR) is 48.7 cm³/mol. The number of nitrogens with zero attached hydrogens (tertiary/aromatic N) is 1. The van der Waals surface area contributed by atoms with Crippen LogP contribution in [0.2, 0.25) is 0 Å². The molecule has 15 heavy (non-hydrogen) atoms. The topological polar surface area (TPSA) is 101 Å². The van der Waals surface area contributed by atoms with Crippen LogP contribution in [0.5, 0.6) is 0 Å². The van der Waals surface area contributed by atoms with Crippen LogP contribution < -0.4 is 0 Å². The number of carbonyl (C=O) groups is 2. The van der Waals surface area contributed by atoms with E-state index in [0.29, 0.717) is 17.7 Å². The standard InChI is InChI=1S/C9H9NO5/c1-4-8(15-5(2)10-4)6(11)3-7(12)9(13)14/h3,12H,1-2H3,(H,13,14). The number of hydrogen-bond donors (Lipinski definition) is 2. The number of carbonyl (C=O) groups excluding carboxylic acids is 1. The number of rotatable bonds is 3. The molecule has 0 amide bonds. The Morgan fingerprint density at radius 2 is 1.93 bits per heavy atom. The van der Waals surface area contributed by atoms with Crippen molar-refractivity contribution in [2.75, 3.05) is 0 Å². The van der Waals surface area contributed by atoms with Gasteiger partial charge in [0.2, 0.25) is 11.5 Å². The first kappa shape index (κ1) is 11.0. The summed E-state index contributed by atoms with van der Waals surface area (Å²) in [6.45, 7) is 3.11. The lowest BCUT2D eigenvalue weighted by molar-refractivity contribution is -0.135. The lowest BCUT2D eigenvalue weighted by atomic mass is 10.2. The molecule has 6 nitrogen and oxygen atoms in total. The molecule has 0 saturated heterocycles. The summed E-state index contributed by atoms with van der Waals surface area (Å²) < 4.78 is 4.95. The smallest absolute Gasteiger partial charge is 0.371 e. The van der Waals surface area contributed by atoms with E-state index in [9.17, 15) is 9.59 Å². The van der Waals surface area contributed by atoms with Crippen LogP contribution in [0.15, 0.2) is 16.3 Å². The van der Waals surface area contributed by atoms with Crippen LogP contribution in [0.25, 0.3) is 0 Å². The zero-order valence-corrected chi connectivity index (χ0v) is 8.14. The number of aliphatic carboxylic acids is 1. The summed E-state index contributed by atoms with van der Waals surface area (Å²) in [5.74, 6) is -3.10. The van der Waals surface area contributed by atoms with E-state index in [1.54, 1.807) is 13.8 Å². The van der Waals surface area contributed by atoms with Crippen molar-refractivity contribution in [3.8, 4) is 0 Å². The third kappa shape index (κ3) is 2.43. The molecule has 1 rings (SSSR count). The minimum Gasteiger partial charge on any atom is -0.502 e. The van der Waals surface area contributed by atoms with Gasteiger partial charge in [0, 0.05) is 13.0 Å². The van der Waals surface area contributed by atoms with Gasteiger partial charge in [-0.05, 0) is 6.92 Å². The van der Waals surface area contributed by atoms with Crippen LogP contribution in [0.4, 0.5) is 0 Å². The maximum Gasteiger partial charge on any atom is 0.371 e. The van der Waals surface area contributed by atoms with Crippen LogP contribution in [0.3, 0.4) is 0 Å². The fourth-order valence-corrected chi connectivity index (χ4v) is 1.01. The van der Waals surface area contributed by atoms with Crippen molar-refractivity contribution in [2.45, 2.75) is 13.8 Å². The molecule has 0 atom stereocenters. The molecule has 0 unspecified atom stereocenters. The van der Waals surface area contributed by atoms with Gasteiger partial charge in [-0.3, -0.25) is 4.79 Å². The summed E-state index contributed by atoms with van der Waals surface area (Å²) in [7, 11) is 0. The summed E-state index contributed by atoms with van der Waals surface area (Å²) in [5.41, 5.74) is 0.354. The Kier molecular flexibility index (Phi) is 2.89. The molecule has 6 heteroatoms. The maximum absolute atomic E-state index is 11.4. The highest BCUT2D eigenvalue weighted by atomic mass is 16.4. The average molecular weight is 211 g/mol. The number of hydrogen-bond acceptors (Lipinski definition) is 5. The van der Waals surface area contributed by atoms with Gasteiger partial charge in [0.25, 0.3) is 0 Å². The molecule has 0 aromatic carbocycles. The van der Waals surface area contributed by atoms with Crippen molar-refractivity contribution in [2.24, 2.45) is 0 Å². The van der Waals surface area contributed by atoms with Gasteiger partial charge in [0.1, 0.15) is 0 Å². The zero-order valence-electron chi connectivity index (χ0n) is 8.14. The first-order valence-corrected chi connectivity index (χ1v) is 4.04. The Bertz CT molecular complexity index is 443. The van der Waals surface area contributed by atoms with Crippen molar-refractivity contribution < 1.29 is 24.2 Å². The van der Waals surface area contributed by atoms with Crippen LogP contribution in [-0.2, 0) is 4.79 Å². The Labute approximate surface area is 84.9 Å². The first-order chi connectivity index (χ1) is 6.91. The number of oxazole rings is 1. The van der Waals surface area contributed by atoms with Crippen molar-refractivity contribution in [3.63, 3.8) is 0 Å². The molecule has 1 aromatic heterocycles. The number of aliphatic hydroxyl groups excluding tert-OH is 1. The molecule has 0 aliphatic carbocycles. The molecule has 1 heterocycles. The van der Waals surface area contributed by atoms with Crippen LogP contribution in [-0.4, -0.2) is 26.9 Å². The summed E-state index contributed by atoms with van der Waals surface area (Å²) >= 11 is 0. The highest BCUT2D eigenvalue weighted by Crippen LogP contribution is 2.11. The van der Waals surface area contributed by atoms with Gasteiger partial charge >= 0.3 is 5.97 Å². The molecule has 0 bridgehead atoms. The van der Waals surface area contributed by atoms with Crippen molar-refractivity contribution in [1.29, 1.82) is 0 Å². The molecule has 0 aliphatic rings. The van der Waals surface area contributed by atoms with Gasteiger partial charge in [-0.1, -0.05) is 0 Å². The second kappa shape index (κ2) is 3.95. The summed E-state index contributed by atoms with van der Waals surface area (Å²) in [5, 5.41) is 17.2. The van der Waals surface area contributed by atoms with E-state index in [4.69, 9.17) is 14.6 Å². The zero-order chi connectivity index (χ0) is 11.6. The number of ketones is 1. The van der Waals surface area contributed by atoms with Gasteiger partial charge < -0.3 is 14.6 Å². The van der Waals surface area contributed by atoms with Crippen molar-refractivity contribution in [3.05, 3.63) is 29.2 Å². The van der Waals surface area contributed by atoms with Crippen LogP contribution >= 0.6 is 0 Å². The fraction of sp³-hybridized carbons (Fsp3) is 0.222. The Balaban J connectivity index is 3.01.